The molecule has 0 aromatic carbocycles. The minimum atomic E-state index is -3.46. The van der Waals surface area contributed by atoms with E-state index in [0.29, 0.717) is 0 Å². The second-order valence-electron chi connectivity index (χ2n) is 4.25. The standard InChI is InChI=1S/C11H19NO3S2/c1-7-5-11(10(4)16-7)9(3)12-17(14,15)8(2)6-13/h5,8-9,12-13H,6H2,1-4H3. The number of aliphatic hydroxyl groups excluding tert-OH is 1. The number of thiophene rings is 1. The summed E-state index contributed by atoms with van der Waals surface area (Å²) in [4.78, 5) is 2.29. The summed E-state index contributed by atoms with van der Waals surface area (Å²) in [7, 11) is -3.46. The summed E-state index contributed by atoms with van der Waals surface area (Å²) < 4.78 is 26.2. The van der Waals surface area contributed by atoms with Crippen molar-refractivity contribution in [2.75, 3.05) is 6.61 Å². The van der Waals surface area contributed by atoms with Crippen molar-refractivity contribution in [3.05, 3.63) is 21.4 Å². The van der Waals surface area contributed by atoms with Crippen LogP contribution in [0.4, 0.5) is 0 Å². The molecule has 0 aliphatic carbocycles. The Kier molecular flexibility index (Phi) is 4.71. The zero-order valence-corrected chi connectivity index (χ0v) is 12.2. The summed E-state index contributed by atoms with van der Waals surface area (Å²) in [6.45, 7) is 6.91. The highest BCUT2D eigenvalue weighted by Crippen LogP contribution is 2.26. The van der Waals surface area contributed by atoms with Gasteiger partial charge in [0.2, 0.25) is 10.0 Å². The average Bonchev–Trinajstić information content (AvgIpc) is 2.56. The third-order valence-electron chi connectivity index (χ3n) is 2.67. The molecule has 0 aliphatic heterocycles. The van der Waals surface area contributed by atoms with Crippen molar-refractivity contribution < 1.29 is 13.5 Å². The van der Waals surface area contributed by atoms with Gasteiger partial charge in [-0.2, -0.15) is 0 Å². The van der Waals surface area contributed by atoms with Gasteiger partial charge >= 0.3 is 0 Å². The predicted octanol–water partition coefficient (Wildman–Crippen LogP) is 1.73. The molecular weight excluding hydrogens is 258 g/mol. The van der Waals surface area contributed by atoms with Crippen LogP contribution in [0.25, 0.3) is 0 Å². The Morgan fingerprint density at radius 2 is 2.00 bits per heavy atom. The Hall–Kier alpha value is -0.430. The van der Waals surface area contributed by atoms with Gasteiger partial charge in [0.05, 0.1) is 11.9 Å². The van der Waals surface area contributed by atoms with E-state index in [-0.39, 0.29) is 12.6 Å². The van der Waals surface area contributed by atoms with Gasteiger partial charge in [-0.15, -0.1) is 11.3 Å². The number of rotatable bonds is 5. The van der Waals surface area contributed by atoms with E-state index in [1.165, 1.54) is 11.8 Å². The number of sulfonamides is 1. The summed E-state index contributed by atoms with van der Waals surface area (Å²) in [5.74, 6) is 0. The first-order valence-corrected chi connectivity index (χ1v) is 7.83. The molecule has 0 fully saturated rings. The minimum absolute atomic E-state index is 0.265. The van der Waals surface area contributed by atoms with Crippen LogP contribution in [0, 0.1) is 13.8 Å². The third kappa shape index (κ3) is 3.51. The SMILES string of the molecule is Cc1cc(C(C)NS(=O)(=O)C(C)CO)c(C)s1. The Balaban J connectivity index is 2.86. The molecule has 0 radical (unpaired) electrons. The van der Waals surface area contributed by atoms with Crippen LogP contribution < -0.4 is 4.72 Å². The van der Waals surface area contributed by atoms with Crippen LogP contribution in [0.3, 0.4) is 0 Å². The molecule has 0 bridgehead atoms. The third-order valence-corrected chi connectivity index (χ3v) is 5.55. The minimum Gasteiger partial charge on any atom is -0.395 e. The largest absolute Gasteiger partial charge is 0.395 e. The fourth-order valence-corrected chi connectivity index (χ4v) is 3.68. The van der Waals surface area contributed by atoms with Gasteiger partial charge in [-0.1, -0.05) is 0 Å². The molecule has 1 rings (SSSR count). The molecule has 4 nitrogen and oxygen atoms in total. The first-order valence-electron chi connectivity index (χ1n) is 5.47. The Morgan fingerprint density at radius 1 is 1.41 bits per heavy atom. The van der Waals surface area contributed by atoms with Crippen molar-refractivity contribution in [2.45, 2.75) is 39.0 Å². The van der Waals surface area contributed by atoms with Gasteiger partial charge in [-0.05, 0) is 39.3 Å². The van der Waals surface area contributed by atoms with Crippen LogP contribution >= 0.6 is 11.3 Å². The second kappa shape index (κ2) is 5.48. The zero-order chi connectivity index (χ0) is 13.2. The van der Waals surface area contributed by atoms with E-state index in [1.807, 2.05) is 26.8 Å². The molecule has 6 heteroatoms. The molecule has 98 valence electrons. The van der Waals surface area contributed by atoms with Crippen LogP contribution in [0.15, 0.2) is 6.07 Å². The lowest BCUT2D eigenvalue weighted by molar-refractivity contribution is 0.294. The fraction of sp³-hybridized carbons (Fsp3) is 0.636. The van der Waals surface area contributed by atoms with Crippen molar-refractivity contribution in [1.29, 1.82) is 0 Å². The first kappa shape index (κ1) is 14.6. The molecule has 2 atom stereocenters. The molecular formula is C11H19NO3S2. The molecule has 1 heterocycles. The maximum atomic E-state index is 11.8. The average molecular weight is 277 g/mol. The van der Waals surface area contributed by atoms with Crippen molar-refractivity contribution >= 4 is 21.4 Å². The van der Waals surface area contributed by atoms with E-state index in [4.69, 9.17) is 5.11 Å². The summed E-state index contributed by atoms with van der Waals surface area (Å²) in [5, 5.41) is 8.11. The van der Waals surface area contributed by atoms with Gasteiger partial charge in [0.15, 0.2) is 0 Å². The van der Waals surface area contributed by atoms with E-state index >= 15 is 0 Å². The summed E-state index contributed by atoms with van der Waals surface area (Å²) in [6, 6.07) is 1.73. The van der Waals surface area contributed by atoms with Crippen LogP contribution in [-0.4, -0.2) is 25.4 Å². The Bertz CT molecular complexity index is 479. The van der Waals surface area contributed by atoms with Crippen molar-refractivity contribution in [1.82, 2.24) is 4.72 Å². The molecule has 17 heavy (non-hydrogen) atoms. The summed E-state index contributed by atoms with van der Waals surface area (Å²) in [6.07, 6.45) is 0. The zero-order valence-electron chi connectivity index (χ0n) is 10.5. The highest BCUT2D eigenvalue weighted by Gasteiger charge is 2.23. The summed E-state index contributed by atoms with van der Waals surface area (Å²) in [5.41, 5.74) is 1.00. The highest BCUT2D eigenvalue weighted by molar-refractivity contribution is 7.90. The normalized spacial score (nSPS) is 15.8. The van der Waals surface area contributed by atoms with Gasteiger partial charge in [-0.25, -0.2) is 13.1 Å². The molecule has 2 N–H and O–H groups in total. The molecule has 1 aromatic heterocycles. The Morgan fingerprint density at radius 3 is 2.41 bits per heavy atom. The number of hydrogen-bond acceptors (Lipinski definition) is 4. The molecule has 1 aromatic rings. The van der Waals surface area contributed by atoms with Crippen LogP contribution in [0.1, 0.15) is 35.2 Å². The lowest BCUT2D eigenvalue weighted by Crippen LogP contribution is -2.36. The molecule has 2 unspecified atom stereocenters. The quantitative estimate of drug-likeness (QED) is 0.861. The van der Waals surface area contributed by atoms with Gasteiger partial charge < -0.3 is 5.11 Å². The second-order valence-corrected chi connectivity index (χ2v) is 7.84. The van der Waals surface area contributed by atoms with Gasteiger partial charge in [0.1, 0.15) is 0 Å². The topological polar surface area (TPSA) is 66.4 Å². The number of aryl methyl sites for hydroxylation is 2. The number of aliphatic hydroxyl groups is 1. The Labute approximate surface area is 107 Å². The van der Waals surface area contributed by atoms with E-state index in [1.54, 1.807) is 11.3 Å². The van der Waals surface area contributed by atoms with Gasteiger partial charge in [-0.3, -0.25) is 0 Å². The monoisotopic (exact) mass is 277 g/mol. The van der Waals surface area contributed by atoms with E-state index in [2.05, 4.69) is 4.72 Å². The maximum absolute atomic E-state index is 11.8. The fourth-order valence-electron chi connectivity index (χ4n) is 1.60. The summed E-state index contributed by atoms with van der Waals surface area (Å²) >= 11 is 1.65. The number of hydrogen-bond donors (Lipinski definition) is 2. The van der Waals surface area contributed by atoms with Crippen molar-refractivity contribution in [3.8, 4) is 0 Å². The highest BCUT2D eigenvalue weighted by atomic mass is 32.2. The first-order chi connectivity index (χ1) is 7.77. The molecule has 0 saturated heterocycles. The molecule has 0 saturated carbocycles. The molecule has 0 spiro atoms. The molecule has 0 amide bonds. The van der Waals surface area contributed by atoms with Crippen LogP contribution in [-0.2, 0) is 10.0 Å². The maximum Gasteiger partial charge on any atom is 0.217 e. The van der Waals surface area contributed by atoms with Crippen molar-refractivity contribution in [2.24, 2.45) is 0 Å². The van der Waals surface area contributed by atoms with E-state index < -0.39 is 15.3 Å². The van der Waals surface area contributed by atoms with Gasteiger partial charge in [0.25, 0.3) is 0 Å². The van der Waals surface area contributed by atoms with E-state index in [9.17, 15) is 8.42 Å². The lowest BCUT2D eigenvalue weighted by atomic mass is 10.1. The van der Waals surface area contributed by atoms with E-state index in [0.717, 1.165) is 10.4 Å². The predicted molar refractivity (Wildman–Crippen MR) is 70.8 cm³/mol. The van der Waals surface area contributed by atoms with Crippen LogP contribution in [0.5, 0.6) is 0 Å². The van der Waals surface area contributed by atoms with Gasteiger partial charge in [0, 0.05) is 15.8 Å². The molecule has 0 aliphatic rings. The smallest absolute Gasteiger partial charge is 0.217 e. The lowest BCUT2D eigenvalue weighted by Gasteiger charge is -2.17. The van der Waals surface area contributed by atoms with Crippen molar-refractivity contribution in [3.63, 3.8) is 0 Å². The van der Waals surface area contributed by atoms with Crippen LogP contribution in [0.2, 0.25) is 0 Å². The number of nitrogens with one attached hydrogen (secondary N) is 1.